The number of likely N-dealkylation sites (N-methyl/N-ethyl adjacent to an activating group) is 1. The molecule has 0 spiro atoms. The molecule has 3 aliphatic rings. The summed E-state index contributed by atoms with van der Waals surface area (Å²) in [5.41, 5.74) is 2.93. The maximum Gasteiger partial charge on any atom is 0.255 e. The van der Waals surface area contributed by atoms with Gasteiger partial charge in [0, 0.05) is 23.6 Å². The molecule has 7 N–H and O–H groups in total. The molecule has 0 radical (unpaired) electrons. The van der Waals surface area contributed by atoms with E-state index < -0.39 is 58.0 Å². The zero-order chi connectivity index (χ0) is 30.4. The fraction of sp³-hybridized carbons (Fsp3) is 0.333. The molecule has 0 aromatic heterocycles. The maximum absolute atomic E-state index is 13.9. The number of fused-ring (bicyclic) bond motifs is 3. The van der Waals surface area contributed by atoms with E-state index in [0.717, 1.165) is 0 Å². The lowest BCUT2D eigenvalue weighted by Crippen LogP contribution is -2.65. The van der Waals surface area contributed by atoms with Crippen molar-refractivity contribution in [3.8, 4) is 5.75 Å². The van der Waals surface area contributed by atoms with Crippen molar-refractivity contribution in [2.24, 2.45) is 17.6 Å². The number of aromatic hydroxyl groups is 1. The van der Waals surface area contributed by atoms with Gasteiger partial charge in [-0.15, -0.1) is 0 Å². The minimum Gasteiger partial charge on any atom is -0.508 e. The molecule has 0 heterocycles. The lowest BCUT2D eigenvalue weighted by Gasteiger charge is -2.50. The number of carbonyl (C=O) groups is 4. The van der Waals surface area contributed by atoms with E-state index in [4.69, 9.17) is 5.73 Å². The van der Waals surface area contributed by atoms with Gasteiger partial charge < -0.3 is 31.5 Å². The molecule has 4 atom stereocenters. The molecule has 0 aliphatic heterocycles. The van der Waals surface area contributed by atoms with Gasteiger partial charge >= 0.3 is 0 Å². The molecule has 1 fully saturated rings. The smallest absolute Gasteiger partial charge is 0.255 e. The monoisotopic (exact) mass is 563 g/mol. The van der Waals surface area contributed by atoms with Crippen LogP contribution in [0.4, 0.5) is 0 Å². The number of phenolic OH excluding ortho intramolecular Hbond substituents is 1. The van der Waals surface area contributed by atoms with Gasteiger partial charge in [-0.1, -0.05) is 36.9 Å². The summed E-state index contributed by atoms with van der Waals surface area (Å²) in [4.78, 5) is 53.4. The van der Waals surface area contributed by atoms with Gasteiger partial charge in [-0.05, 0) is 57.0 Å². The minimum absolute atomic E-state index is 0.0271. The average Bonchev–Trinajstić information content (AvgIpc) is 2.89. The molecular weight excluding hydrogens is 530 g/mol. The van der Waals surface area contributed by atoms with Gasteiger partial charge in [0.2, 0.25) is 5.78 Å². The number of amides is 2. The number of hydrogen-bond acceptors (Lipinski definition) is 9. The Labute approximate surface area is 236 Å². The molecule has 0 bridgehead atoms. The fourth-order valence-corrected chi connectivity index (χ4v) is 6.26. The van der Waals surface area contributed by atoms with E-state index in [0.29, 0.717) is 16.7 Å². The van der Waals surface area contributed by atoms with Gasteiger partial charge in [0.25, 0.3) is 11.8 Å². The quantitative estimate of drug-likeness (QED) is 0.161. The molecule has 11 heteroatoms. The first-order chi connectivity index (χ1) is 19.3. The van der Waals surface area contributed by atoms with E-state index in [1.165, 1.54) is 31.1 Å². The third-order valence-corrected chi connectivity index (χ3v) is 8.05. The van der Waals surface area contributed by atoms with Crippen molar-refractivity contribution < 1.29 is 39.6 Å². The average molecular weight is 564 g/mol. The Morgan fingerprint density at radius 1 is 1.22 bits per heavy atom. The predicted octanol–water partition coefficient (Wildman–Crippen LogP) is 1.27. The number of aliphatic hydroxyl groups is 3. The van der Waals surface area contributed by atoms with E-state index in [1.54, 1.807) is 31.2 Å². The molecule has 0 saturated heterocycles. The lowest BCUT2D eigenvalue weighted by molar-refractivity contribution is -0.153. The number of hydrogen-bond donors (Lipinski definition) is 6. The van der Waals surface area contributed by atoms with Crippen LogP contribution < -0.4 is 11.1 Å². The Balaban J connectivity index is 1.82. The van der Waals surface area contributed by atoms with Crippen LogP contribution in [0, 0.1) is 11.8 Å². The van der Waals surface area contributed by atoms with Crippen LogP contribution in [0.3, 0.4) is 0 Å². The Morgan fingerprint density at radius 2 is 1.90 bits per heavy atom. The van der Waals surface area contributed by atoms with Gasteiger partial charge in [-0.25, -0.2) is 0 Å². The highest BCUT2D eigenvalue weighted by Crippen LogP contribution is 2.52. The van der Waals surface area contributed by atoms with Crippen molar-refractivity contribution >= 4 is 29.1 Å². The number of Topliss-reactive ketones (excluding diaryl/α,β-unsaturated/α-hetero) is 2. The Hall–Kier alpha value is -4.48. The summed E-state index contributed by atoms with van der Waals surface area (Å²) in [5, 5.41) is 47.4. The number of allylic oxidation sites excluding steroid dienone is 3. The number of benzene rings is 1. The standard InChI is InChI=1S/C30H33N3O8/c1-5-7-14(8-6-2)29(40)32-13-15-9-10-19(34)21-17(15)11-16-12-18-23(33(3)4)25(36)22(28(31)39)27(38)30(18,41)26(37)20(16)24(21)35/h5-10,16,18,23,34-35,38,41H,1,11-13H2,2-4H3,(H2,31,39)(H,32,40)/b8-6-,14-7+/t16-,18-,23-,30-/m0/s1. The Morgan fingerprint density at radius 3 is 2.49 bits per heavy atom. The van der Waals surface area contributed by atoms with E-state index in [2.05, 4.69) is 11.9 Å². The van der Waals surface area contributed by atoms with Crippen LogP contribution in [-0.4, -0.2) is 74.4 Å². The number of nitrogens with zero attached hydrogens (tertiary/aromatic N) is 1. The molecule has 11 nitrogen and oxygen atoms in total. The van der Waals surface area contributed by atoms with Crippen molar-refractivity contribution in [3.63, 3.8) is 0 Å². The van der Waals surface area contributed by atoms with Crippen LogP contribution in [-0.2, 0) is 32.1 Å². The van der Waals surface area contributed by atoms with E-state index in [-0.39, 0.29) is 42.2 Å². The molecule has 216 valence electrons. The number of rotatable bonds is 7. The third-order valence-electron chi connectivity index (χ3n) is 8.05. The van der Waals surface area contributed by atoms with Gasteiger partial charge in [0.15, 0.2) is 11.4 Å². The van der Waals surface area contributed by atoms with Crippen LogP contribution >= 0.6 is 0 Å². The van der Waals surface area contributed by atoms with Crippen LogP contribution in [0.1, 0.15) is 30.0 Å². The van der Waals surface area contributed by atoms with E-state index >= 15 is 0 Å². The zero-order valence-corrected chi connectivity index (χ0v) is 23.0. The van der Waals surface area contributed by atoms with Crippen LogP contribution in [0.25, 0.3) is 5.76 Å². The normalized spacial score (nSPS) is 26.2. The SMILES string of the molecule is C=C/C=C(\C=C/C)C(=O)NCc1ccc(O)c2c1C[C@H]1C[C@H]3[C@H](N(C)C)C(=O)C(C(N)=O)=C(O)[C@@]3(O)C(=O)C1=C2O. The third kappa shape index (κ3) is 4.56. The summed E-state index contributed by atoms with van der Waals surface area (Å²) in [6.07, 6.45) is 6.47. The molecule has 1 aromatic rings. The number of nitrogens with two attached hydrogens (primary N) is 1. The molecule has 41 heavy (non-hydrogen) atoms. The van der Waals surface area contributed by atoms with Crippen molar-refractivity contribution in [1.82, 2.24) is 10.2 Å². The topological polar surface area (TPSA) is 190 Å². The number of carbonyl (C=O) groups excluding carboxylic acids is 4. The van der Waals surface area contributed by atoms with Gasteiger partial charge in [0.05, 0.1) is 11.6 Å². The largest absolute Gasteiger partial charge is 0.508 e. The molecule has 0 unspecified atom stereocenters. The van der Waals surface area contributed by atoms with Crippen LogP contribution in [0.15, 0.2) is 65.5 Å². The van der Waals surface area contributed by atoms with E-state index in [1.807, 2.05) is 0 Å². The number of aliphatic hydroxyl groups excluding tert-OH is 2. The lowest BCUT2D eigenvalue weighted by atomic mass is 9.57. The second kappa shape index (κ2) is 10.8. The number of ketones is 2. The van der Waals surface area contributed by atoms with Crippen molar-refractivity contribution in [1.29, 1.82) is 0 Å². The first-order valence-corrected chi connectivity index (χ1v) is 13.0. The summed E-state index contributed by atoms with van der Waals surface area (Å²) < 4.78 is 0. The Kier molecular flexibility index (Phi) is 7.79. The minimum atomic E-state index is -2.70. The molecular formula is C30H33N3O8. The second-order valence-corrected chi connectivity index (χ2v) is 10.6. The number of nitrogens with one attached hydrogen (secondary N) is 1. The summed E-state index contributed by atoms with van der Waals surface area (Å²) in [5.74, 6) is -7.51. The highest BCUT2D eigenvalue weighted by atomic mass is 16.3. The van der Waals surface area contributed by atoms with Crippen molar-refractivity contribution in [2.45, 2.75) is 38.0 Å². The highest BCUT2D eigenvalue weighted by Gasteiger charge is 2.64. The predicted molar refractivity (Wildman–Crippen MR) is 149 cm³/mol. The molecule has 1 aromatic carbocycles. The number of phenols is 1. The second-order valence-electron chi connectivity index (χ2n) is 10.6. The van der Waals surface area contributed by atoms with Gasteiger partial charge in [0.1, 0.15) is 22.8 Å². The summed E-state index contributed by atoms with van der Waals surface area (Å²) in [6.45, 7) is 5.42. The van der Waals surface area contributed by atoms with Gasteiger partial charge in [-0.3, -0.25) is 24.1 Å². The first kappa shape index (κ1) is 29.5. The zero-order valence-electron chi connectivity index (χ0n) is 23.0. The van der Waals surface area contributed by atoms with Gasteiger partial charge in [-0.2, -0.15) is 0 Å². The molecule has 3 aliphatic carbocycles. The summed E-state index contributed by atoms with van der Waals surface area (Å²) in [6, 6.07) is 1.75. The van der Waals surface area contributed by atoms with Crippen LogP contribution in [0.2, 0.25) is 0 Å². The maximum atomic E-state index is 13.9. The molecule has 4 rings (SSSR count). The molecule has 2 amide bonds. The van der Waals surface area contributed by atoms with Crippen molar-refractivity contribution in [2.75, 3.05) is 14.1 Å². The van der Waals surface area contributed by atoms with E-state index in [9.17, 15) is 39.6 Å². The first-order valence-electron chi connectivity index (χ1n) is 13.0. The molecule has 1 saturated carbocycles. The van der Waals surface area contributed by atoms with Crippen molar-refractivity contribution in [3.05, 3.63) is 82.2 Å². The van der Waals surface area contributed by atoms with Crippen LogP contribution in [0.5, 0.6) is 5.75 Å². The number of primary amides is 1. The Bertz CT molecular complexity index is 1500. The summed E-state index contributed by atoms with van der Waals surface area (Å²) >= 11 is 0. The summed E-state index contributed by atoms with van der Waals surface area (Å²) in [7, 11) is 3.07. The highest BCUT2D eigenvalue weighted by molar-refractivity contribution is 6.24. The fourth-order valence-electron chi connectivity index (χ4n) is 6.26.